The molecule has 34 heavy (non-hydrogen) atoms. The lowest BCUT2D eigenvalue weighted by Crippen LogP contribution is -2.29. The number of fused-ring (bicyclic) bond motifs is 3. The molecule has 2 aliphatic rings. The Bertz CT molecular complexity index is 1060. The van der Waals surface area contributed by atoms with Crippen molar-refractivity contribution < 1.29 is 14.3 Å². The van der Waals surface area contributed by atoms with Crippen molar-refractivity contribution in [3.8, 4) is 11.5 Å². The molecule has 0 bridgehead atoms. The molecule has 2 aromatic rings. The second-order valence-electron chi connectivity index (χ2n) is 9.18. The van der Waals surface area contributed by atoms with Crippen molar-refractivity contribution in [2.75, 3.05) is 18.5 Å². The maximum Gasteiger partial charge on any atom is 0.279 e. The highest BCUT2D eigenvalue weighted by atomic mass is 16.5. The van der Waals surface area contributed by atoms with Gasteiger partial charge < -0.3 is 14.8 Å². The Kier molecular flexibility index (Phi) is 8.20. The van der Waals surface area contributed by atoms with Crippen LogP contribution in [0.25, 0.3) is 0 Å². The molecule has 0 atom stereocenters. The molecule has 6 heteroatoms. The number of carbonyl (C=O) groups is 1. The molecule has 0 saturated carbocycles. The van der Waals surface area contributed by atoms with Gasteiger partial charge in [-0.3, -0.25) is 4.79 Å². The molecular formula is C28H37N3O3. The standard InChI is InChI=1S/C28H37N3O3/c1-3-5-7-9-13-19-33-23-17-18-24(34-20-14-10-8-6-4-2)26-25(23)30-28(31-26)21-15-11-12-16-22(21)29-27(28)32/h11-12,15-18H,3-10,13-14,19-20H2,1-2H3,(H,29,32). The Balaban J connectivity index is 1.58. The average molecular weight is 464 g/mol. The van der Waals surface area contributed by atoms with Crippen LogP contribution in [0.3, 0.4) is 0 Å². The zero-order chi connectivity index (χ0) is 23.8. The molecular weight excluding hydrogens is 426 g/mol. The van der Waals surface area contributed by atoms with Crippen LogP contribution in [0.2, 0.25) is 0 Å². The van der Waals surface area contributed by atoms with E-state index in [0.29, 0.717) is 35.4 Å². The van der Waals surface area contributed by atoms with Crippen molar-refractivity contribution in [1.29, 1.82) is 0 Å². The van der Waals surface area contributed by atoms with Gasteiger partial charge in [-0.2, -0.15) is 0 Å². The number of hydrogen-bond acceptors (Lipinski definition) is 5. The Labute approximate surface area is 202 Å². The minimum absolute atomic E-state index is 0.235. The van der Waals surface area contributed by atoms with Crippen molar-refractivity contribution in [1.82, 2.24) is 0 Å². The summed E-state index contributed by atoms with van der Waals surface area (Å²) in [6.07, 6.45) is 11.7. The van der Waals surface area contributed by atoms with E-state index in [9.17, 15) is 4.79 Å². The monoisotopic (exact) mass is 463 g/mol. The largest absolute Gasteiger partial charge is 0.491 e. The first-order valence-electron chi connectivity index (χ1n) is 13.0. The molecule has 6 nitrogen and oxygen atoms in total. The molecule has 0 saturated heterocycles. The molecule has 2 aliphatic heterocycles. The lowest BCUT2D eigenvalue weighted by atomic mass is 10.0. The third-order valence-corrected chi connectivity index (χ3v) is 6.50. The Morgan fingerprint density at radius 2 is 1.26 bits per heavy atom. The third kappa shape index (κ3) is 5.11. The van der Waals surface area contributed by atoms with Crippen LogP contribution >= 0.6 is 0 Å². The van der Waals surface area contributed by atoms with Gasteiger partial charge in [-0.05, 0) is 31.0 Å². The van der Waals surface area contributed by atoms with Gasteiger partial charge in [0.1, 0.15) is 22.2 Å². The zero-order valence-electron chi connectivity index (χ0n) is 20.6. The number of rotatable bonds is 14. The summed E-state index contributed by atoms with van der Waals surface area (Å²) in [7, 11) is 0. The van der Waals surface area contributed by atoms with Crippen LogP contribution in [-0.2, 0) is 10.5 Å². The Morgan fingerprint density at radius 3 is 1.82 bits per heavy atom. The summed E-state index contributed by atoms with van der Waals surface area (Å²) in [5.41, 5.74) is 0.218. The lowest BCUT2D eigenvalue weighted by Gasteiger charge is -2.14. The van der Waals surface area contributed by atoms with Gasteiger partial charge in [-0.1, -0.05) is 83.4 Å². The van der Waals surface area contributed by atoms with Crippen molar-refractivity contribution in [2.24, 2.45) is 9.98 Å². The average Bonchev–Trinajstić information content (AvgIpc) is 3.38. The van der Waals surface area contributed by atoms with Gasteiger partial charge >= 0.3 is 0 Å². The number of nitrogens with one attached hydrogen (secondary N) is 1. The van der Waals surface area contributed by atoms with Gasteiger partial charge in [-0.25, -0.2) is 9.98 Å². The molecule has 0 aliphatic carbocycles. The summed E-state index contributed by atoms with van der Waals surface area (Å²) >= 11 is 0. The van der Waals surface area contributed by atoms with E-state index in [1.165, 1.54) is 38.5 Å². The van der Waals surface area contributed by atoms with E-state index < -0.39 is 5.66 Å². The first-order valence-corrected chi connectivity index (χ1v) is 13.0. The van der Waals surface area contributed by atoms with Crippen LogP contribution in [0, 0.1) is 0 Å². The van der Waals surface area contributed by atoms with Gasteiger partial charge in [0.2, 0.25) is 0 Å². The maximum absolute atomic E-state index is 13.1. The molecule has 0 unspecified atom stereocenters. The van der Waals surface area contributed by atoms with Crippen LogP contribution in [0.5, 0.6) is 11.5 Å². The number of unbranched alkanes of at least 4 members (excludes halogenated alkanes) is 8. The predicted octanol–water partition coefficient (Wildman–Crippen LogP) is 5.44. The highest BCUT2D eigenvalue weighted by Gasteiger charge is 2.49. The number of para-hydroxylation sites is 1. The molecule has 182 valence electrons. The van der Waals surface area contributed by atoms with Crippen molar-refractivity contribution in [2.45, 2.75) is 83.7 Å². The maximum atomic E-state index is 13.1. The fourth-order valence-corrected chi connectivity index (χ4v) is 4.57. The zero-order valence-corrected chi connectivity index (χ0v) is 20.6. The first kappa shape index (κ1) is 24.2. The third-order valence-electron chi connectivity index (χ3n) is 6.50. The van der Waals surface area contributed by atoms with E-state index in [4.69, 9.17) is 19.5 Å². The number of anilines is 1. The van der Waals surface area contributed by atoms with Crippen LogP contribution in [0.4, 0.5) is 5.69 Å². The summed E-state index contributed by atoms with van der Waals surface area (Å²) in [4.78, 5) is 22.8. The molecule has 0 aromatic heterocycles. The topological polar surface area (TPSA) is 72.3 Å². The van der Waals surface area contributed by atoms with E-state index in [-0.39, 0.29) is 5.91 Å². The van der Waals surface area contributed by atoms with Gasteiger partial charge in [0.15, 0.2) is 0 Å². The predicted molar refractivity (Wildman–Crippen MR) is 134 cm³/mol. The van der Waals surface area contributed by atoms with E-state index in [1.54, 1.807) is 0 Å². The molecule has 2 aromatic carbocycles. The van der Waals surface area contributed by atoms with Crippen LogP contribution in [0.1, 0.15) is 83.6 Å². The van der Waals surface area contributed by atoms with E-state index in [2.05, 4.69) is 19.2 Å². The number of hydrogen-bond donors (Lipinski definition) is 1. The Hall–Kier alpha value is -2.89. The number of benzene rings is 2. The Morgan fingerprint density at radius 1 is 0.735 bits per heavy atom. The summed E-state index contributed by atoms with van der Waals surface area (Å²) in [5, 5.41) is 4.17. The number of nitrogens with zero attached hydrogens (tertiary/aromatic N) is 2. The second-order valence-corrected chi connectivity index (χ2v) is 9.18. The summed E-state index contributed by atoms with van der Waals surface area (Å²) in [6, 6.07) is 11.4. The van der Waals surface area contributed by atoms with Crippen molar-refractivity contribution in [3.63, 3.8) is 0 Å². The minimum Gasteiger partial charge on any atom is -0.491 e. The lowest BCUT2D eigenvalue weighted by molar-refractivity contribution is -0.120. The SMILES string of the molecule is CCCCCCCOc1ccc(OCCCCCCC)c2c1=NC1(N=2)C(=O)Nc2ccccc21. The number of amides is 1. The molecule has 0 radical (unpaired) electrons. The summed E-state index contributed by atoms with van der Waals surface area (Å²) in [5.74, 6) is 1.10. The van der Waals surface area contributed by atoms with Crippen molar-refractivity contribution >= 4 is 11.6 Å². The molecule has 1 N–H and O–H groups in total. The molecule has 0 fully saturated rings. The summed E-state index contributed by atoms with van der Waals surface area (Å²) in [6.45, 7) is 5.68. The summed E-state index contributed by atoms with van der Waals surface area (Å²) < 4.78 is 12.3. The van der Waals surface area contributed by atoms with Gasteiger partial charge in [0, 0.05) is 11.3 Å². The van der Waals surface area contributed by atoms with E-state index in [1.807, 2.05) is 36.4 Å². The molecule has 1 spiro atoms. The first-order chi connectivity index (χ1) is 16.7. The van der Waals surface area contributed by atoms with Crippen LogP contribution in [0.15, 0.2) is 46.4 Å². The second kappa shape index (κ2) is 11.5. The molecule has 2 heterocycles. The highest BCUT2D eigenvalue weighted by Crippen LogP contribution is 2.40. The van der Waals surface area contributed by atoms with E-state index in [0.717, 1.165) is 36.9 Å². The number of ether oxygens (including phenoxy) is 2. The number of carbonyl (C=O) groups excluding carboxylic acids is 1. The molecule has 4 rings (SSSR count). The van der Waals surface area contributed by atoms with Crippen LogP contribution in [-0.4, -0.2) is 19.1 Å². The van der Waals surface area contributed by atoms with Gasteiger partial charge in [-0.15, -0.1) is 0 Å². The van der Waals surface area contributed by atoms with Crippen LogP contribution < -0.4 is 25.5 Å². The fourth-order valence-electron chi connectivity index (χ4n) is 4.57. The smallest absolute Gasteiger partial charge is 0.279 e. The van der Waals surface area contributed by atoms with Gasteiger partial charge in [0.05, 0.1) is 13.2 Å². The normalized spacial score (nSPS) is 14.8. The molecule has 1 amide bonds. The quantitative estimate of drug-likeness (QED) is 0.379. The fraction of sp³-hybridized carbons (Fsp3) is 0.536. The highest BCUT2D eigenvalue weighted by molar-refractivity contribution is 6.06. The minimum atomic E-state index is -1.31. The van der Waals surface area contributed by atoms with Gasteiger partial charge in [0.25, 0.3) is 11.6 Å². The van der Waals surface area contributed by atoms with E-state index >= 15 is 0 Å². The van der Waals surface area contributed by atoms with Crippen molar-refractivity contribution in [3.05, 3.63) is 52.7 Å².